The molecule has 1 aromatic heterocycles. The van der Waals surface area contributed by atoms with Gasteiger partial charge in [0.15, 0.2) is 11.7 Å². The van der Waals surface area contributed by atoms with Gasteiger partial charge in [-0.25, -0.2) is 4.68 Å². The number of aromatic nitrogens is 2. The molecule has 174 valence electrons. The van der Waals surface area contributed by atoms with E-state index in [4.69, 9.17) is 16.3 Å². The van der Waals surface area contributed by atoms with E-state index in [0.717, 1.165) is 44.0 Å². The Morgan fingerprint density at radius 2 is 2.00 bits per heavy atom. The van der Waals surface area contributed by atoms with E-state index in [1.807, 2.05) is 0 Å². The third-order valence-corrected chi connectivity index (χ3v) is 6.14. The largest absolute Gasteiger partial charge is 0.410 e. The van der Waals surface area contributed by atoms with Gasteiger partial charge in [-0.3, -0.25) is 4.79 Å². The smallest absolute Gasteiger partial charge is 0.370 e. The van der Waals surface area contributed by atoms with Gasteiger partial charge >= 0.3 is 6.18 Å². The molecule has 2 unspecified atom stereocenters. The van der Waals surface area contributed by atoms with E-state index >= 15 is 0 Å². The van der Waals surface area contributed by atoms with Crippen LogP contribution < -0.4 is 15.5 Å². The first-order valence-corrected chi connectivity index (χ1v) is 11.1. The number of halogens is 4. The van der Waals surface area contributed by atoms with Gasteiger partial charge in [-0.2, -0.15) is 18.3 Å². The molecular formula is C21H26ClF3N5O2+. The Morgan fingerprint density at radius 1 is 1.28 bits per heavy atom. The minimum Gasteiger partial charge on any atom is -0.370 e. The number of carbonyl (C=O) groups excluding carboxylic acids is 1. The van der Waals surface area contributed by atoms with Crippen LogP contribution in [0.4, 0.5) is 19.0 Å². The molecular weight excluding hydrogens is 447 g/mol. The molecule has 0 bridgehead atoms. The van der Waals surface area contributed by atoms with Crippen LogP contribution >= 0.6 is 11.6 Å². The number of anilines is 1. The molecule has 1 fully saturated rings. The fraction of sp³-hybridized carbons (Fsp3) is 0.524. The van der Waals surface area contributed by atoms with Crippen molar-refractivity contribution in [1.29, 1.82) is 0 Å². The normalized spacial score (nSPS) is 21.6. The summed E-state index contributed by atoms with van der Waals surface area (Å²) >= 11 is 5.90. The van der Waals surface area contributed by atoms with E-state index in [0.29, 0.717) is 17.1 Å². The number of nitrogens with zero attached hydrogens (tertiary/aromatic N) is 2. The molecule has 0 saturated carbocycles. The fourth-order valence-corrected chi connectivity index (χ4v) is 4.27. The SMILES string of the molecule is O=C(NCCC[NH+]1CCOCC1)c1cc2n(n1)C(C(F)(F)F)CC(c1ccc(Cl)cc1)N2. The lowest BCUT2D eigenvalue weighted by Crippen LogP contribution is -3.14. The Morgan fingerprint density at radius 3 is 2.69 bits per heavy atom. The third kappa shape index (κ3) is 5.36. The average Bonchev–Trinajstić information content (AvgIpc) is 3.21. The summed E-state index contributed by atoms with van der Waals surface area (Å²) in [5.74, 6) is -0.309. The lowest BCUT2D eigenvalue weighted by molar-refractivity contribution is -0.908. The number of benzene rings is 1. The molecule has 0 aliphatic carbocycles. The number of morpholine rings is 1. The summed E-state index contributed by atoms with van der Waals surface area (Å²) in [5, 5.41) is 10.3. The topological polar surface area (TPSA) is 72.6 Å². The van der Waals surface area contributed by atoms with Gasteiger partial charge in [-0.15, -0.1) is 0 Å². The highest BCUT2D eigenvalue weighted by Gasteiger charge is 2.46. The van der Waals surface area contributed by atoms with Crippen LogP contribution in [0, 0.1) is 0 Å². The Kier molecular flexibility index (Phi) is 6.92. The first-order valence-electron chi connectivity index (χ1n) is 10.7. The molecule has 2 aliphatic heterocycles. The van der Waals surface area contributed by atoms with Crippen LogP contribution in [0.2, 0.25) is 5.02 Å². The Balaban J connectivity index is 1.42. The number of nitrogens with one attached hydrogen (secondary N) is 3. The van der Waals surface area contributed by atoms with Gasteiger partial charge in [-0.1, -0.05) is 23.7 Å². The molecule has 3 heterocycles. The van der Waals surface area contributed by atoms with Gasteiger partial charge in [0.05, 0.1) is 25.8 Å². The van der Waals surface area contributed by atoms with Crippen LogP contribution in [0.1, 0.15) is 41.0 Å². The maximum atomic E-state index is 13.8. The molecule has 0 radical (unpaired) electrons. The van der Waals surface area contributed by atoms with Gasteiger partial charge in [0.1, 0.15) is 18.9 Å². The average molecular weight is 473 g/mol. The van der Waals surface area contributed by atoms with E-state index in [9.17, 15) is 18.0 Å². The van der Waals surface area contributed by atoms with Crippen molar-refractivity contribution in [3.63, 3.8) is 0 Å². The highest BCUT2D eigenvalue weighted by atomic mass is 35.5. The van der Waals surface area contributed by atoms with Crippen LogP contribution in [0.25, 0.3) is 0 Å². The standard InChI is InChI=1S/C21H25ClF3N5O2/c22-15-4-2-14(3-5-15)16-12-18(21(23,24)25)30-19(27-16)13-17(28-30)20(31)26-6-1-7-29-8-10-32-11-9-29/h2-5,13,16,18,27H,1,6-12H2,(H,26,31)/p+1. The van der Waals surface area contributed by atoms with Crippen molar-refractivity contribution in [1.82, 2.24) is 15.1 Å². The molecule has 2 aliphatic rings. The van der Waals surface area contributed by atoms with E-state index in [-0.39, 0.29) is 17.9 Å². The lowest BCUT2D eigenvalue weighted by atomic mass is 9.97. The molecule has 4 rings (SSSR count). The fourth-order valence-electron chi connectivity index (χ4n) is 4.14. The zero-order valence-corrected chi connectivity index (χ0v) is 18.2. The van der Waals surface area contributed by atoms with Crippen LogP contribution in [-0.4, -0.2) is 61.3 Å². The van der Waals surface area contributed by atoms with E-state index in [1.165, 1.54) is 11.0 Å². The quantitative estimate of drug-likeness (QED) is 0.564. The highest BCUT2D eigenvalue weighted by molar-refractivity contribution is 6.30. The minimum atomic E-state index is -4.50. The predicted molar refractivity (Wildman–Crippen MR) is 113 cm³/mol. The van der Waals surface area contributed by atoms with Crippen molar-refractivity contribution in [2.45, 2.75) is 31.1 Å². The van der Waals surface area contributed by atoms with Crippen LogP contribution in [-0.2, 0) is 4.74 Å². The van der Waals surface area contributed by atoms with Crippen molar-refractivity contribution in [3.05, 3.63) is 46.6 Å². The number of rotatable bonds is 6. The van der Waals surface area contributed by atoms with Gasteiger partial charge in [0.2, 0.25) is 0 Å². The number of hydrogen-bond acceptors (Lipinski definition) is 4. The second kappa shape index (κ2) is 9.68. The molecule has 1 aromatic carbocycles. The van der Waals surface area contributed by atoms with Crippen molar-refractivity contribution in [2.24, 2.45) is 0 Å². The zero-order valence-electron chi connectivity index (χ0n) is 17.4. The Hall–Kier alpha value is -2.30. The predicted octanol–water partition coefficient (Wildman–Crippen LogP) is 2.23. The summed E-state index contributed by atoms with van der Waals surface area (Å²) in [7, 11) is 0. The number of fused-ring (bicyclic) bond motifs is 1. The molecule has 1 saturated heterocycles. The van der Waals surface area contributed by atoms with Crippen LogP contribution in [0.15, 0.2) is 30.3 Å². The number of ether oxygens (including phenoxy) is 1. The molecule has 0 spiro atoms. The number of carbonyl (C=O) groups is 1. The van der Waals surface area contributed by atoms with E-state index in [1.54, 1.807) is 24.3 Å². The van der Waals surface area contributed by atoms with Gasteiger partial charge in [-0.05, 0) is 17.7 Å². The summed E-state index contributed by atoms with van der Waals surface area (Å²) in [4.78, 5) is 13.9. The first kappa shape index (κ1) is 22.9. The third-order valence-electron chi connectivity index (χ3n) is 5.89. The van der Waals surface area contributed by atoms with Crippen molar-refractivity contribution in [3.8, 4) is 0 Å². The summed E-state index contributed by atoms with van der Waals surface area (Å²) in [6.07, 6.45) is -3.96. The van der Waals surface area contributed by atoms with Crippen LogP contribution in [0.3, 0.4) is 0 Å². The molecule has 7 nitrogen and oxygen atoms in total. The molecule has 2 aromatic rings. The Bertz CT molecular complexity index is 929. The van der Waals surface area contributed by atoms with Gasteiger partial charge in [0, 0.05) is 30.5 Å². The molecule has 11 heteroatoms. The van der Waals surface area contributed by atoms with Crippen molar-refractivity contribution in [2.75, 3.05) is 44.7 Å². The summed E-state index contributed by atoms with van der Waals surface area (Å²) in [5.41, 5.74) is 0.657. The number of quaternary nitrogens is 1. The summed E-state index contributed by atoms with van der Waals surface area (Å²) in [6.45, 7) is 4.72. The monoisotopic (exact) mass is 472 g/mol. The van der Waals surface area contributed by atoms with E-state index < -0.39 is 24.2 Å². The van der Waals surface area contributed by atoms with Gasteiger partial charge < -0.3 is 20.3 Å². The molecule has 1 amide bonds. The second-order valence-electron chi connectivity index (χ2n) is 8.12. The van der Waals surface area contributed by atoms with Crippen molar-refractivity contribution < 1.29 is 27.6 Å². The maximum absolute atomic E-state index is 13.8. The zero-order chi connectivity index (χ0) is 22.7. The van der Waals surface area contributed by atoms with E-state index in [2.05, 4.69) is 15.7 Å². The summed E-state index contributed by atoms with van der Waals surface area (Å²) < 4.78 is 47.6. The van der Waals surface area contributed by atoms with Crippen molar-refractivity contribution >= 4 is 23.3 Å². The molecule has 32 heavy (non-hydrogen) atoms. The first-order chi connectivity index (χ1) is 15.3. The Labute approximate surface area is 188 Å². The molecule has 3 N–H and O–H groups in total. The highest BCUT2D eigenvalue weighted by Crippen LogP contribution is 2.43. The van der Waals surface area contributed by atoms with Gasteiger partial charge in [0.25, 0.3) is 5.91 Å². The molecule has 2 atom stereocenters. The second-order valence-corrected chi connectivity index (χ2v) is 8.56. The number of hydrogen-bond donors (Lipinski definition) is 3. The summed E-state index contributed by atoms with van der Waals surface area (Å²) in [6, 6.07) is 5.66. The number of alkyl halides is 3. The maximum Gasteiger partial charge on any atom is 0.410 e. The lowest BCUT2D eigenvalue weighted by Gasteiger charge is -2.33. The minimum absolute atomic E-state index is 0.0303. The number of amides is 1. The van der Waals surface area contributed by atoms with Crippen LogP contribution in [0.5, 0.6) is 0 Å².